The lowest BCUT2D eigenvalue weighted by atomic mass is 10.1. The molecular weight excluding hydrogens is 204 g/mol. The van der Waals surface area contributed by atoms with Crippen molar-refractivity contribution in [1.82, 2.24) is 0 Å². The second-order valence-corrected chi connectivity index (χ2v) is 4.52. The number of benzene rings is 2. The zero-order valence-corrected chi connectivity index (χ0v) is 9.59. The van der Waals surface area contributed by atoms with Crippen LogP contribution < -0.4 is 0 Å². The summed E-state index contributed by atoms with van der Waals surface area (Å²) in [6, 6.07) is 15.0. The van der Waals surface area contributed by atoms with Gasteiger partial charge in [-0.05, 0) is 22.9 Å². The molecule has 0 heterocycles. The fourth-order valence-corrected chi connectivity index (χ4v) is 2.36. The molecule has 2 aromatic rings. The first-order chi connectivity index (χ1) is 7.40. The van der Waals surface area contributed by atoms with Crippen molar-refractivity contribution in [3.05, 3.63) is 42.5 Å². The van der Waals surface area contributed by atoms with Crippen LogP contribution in [0.2, 0.25) is 0 Å². The number of ether oxygens (including phenoxy) is 1. The number of thioether (sulfide) groups is 1. The summed E-state index contributed by atoms with van der Waals surface area (Å²) < 4.78 is 5.03. The normalized spacial score (nSPS) is 10.7. The van der Waals surface area contributed by atoms with Gasteiger partial charge in [-0.1, -0.05) is 30.3 Å². The average Bonchev–Trinajstić information content (AvgIpc) is 2.29. The molecule has 0 fully saturated rings. The molecule has 0 aromatic heterocycles. The van der Waals surface area contributed by atoms with Gasteiger partial charge in [-0.2, -0.15) is 0 Å². The highest BCUT2D eigenvalue weighted by atomic mass is 32.2. The van der Waals surface area contributed by atoms with Crippen LogP contribution in [0.4, 0.5) is 0 Å². The van der Waals surface area contributed by atoms with Crippen LogP contribution in [0, 0.1) is 0 Å². The van der Waals surface area contributed by atoms with Crippen molar-refractivity contribution in [2.75, 3.05) is 19.5 Å². The summed E-state index contributed by atoms with van der Waals surface area (Å²) in [7, 11) is 1.74. The van der Waals surface area contributed by atoms with Gasteiger partial charge >= 0.3 is 0 Å². The zero-order chi connectivity index (χ0) is 10.5. The number of hydrogen-bond donors (Lipinski definition) is 0. The Balaban J connectivity index is 2.16. The van der Waals surface area contributed by atoms with Crippen molar-refractivity contribution in [3.63, 3.8) is 0 Å². The van der Waals surface area contributed by atoms with Crippen molar-refractivity contribution in [1.29, 1.82) is 0 Å². The van der Waals surface area contributed by atoms with Gasteiger partial charge in [0.2, 0.25) is 0 Å². The molecular formula is C13H14OS. The predicted octanol–water partition coefficient (Wildman–Crippen LogP) is 3.58. The third kappa shape index (κ3) is 2.74. The summed E-state index contributed by atoms with van der Waals surface area (Å²) in [4.78, 5) is 1.31. The van der Waals surface area contributed by atoms with Crippen LogP contribution in [0.3, 0.4) is 0 Å². The molecule has 0 spiro atoms. The van der Waals surface area contributed by atoms with Crippen molar-refractivity contribution in [2.24, 2.45) is 0 Å². The fourth-order valence-electron chi connectivity index (χ4n) is 1.50. The molecule has 0 amide bonds. The molecule has 2 aromatic carbocycles. The molecule has 0 N–H and O–H groups in total. The second-order valence-electron chi connectivity index (χ2n) is 3.35. The Bertz CT molecular complexity index is 439. The number of methoxy groups -OCH3 is 1. The molecule has 0 saturated heterocycles. The lowest BCUT2D eigenvalue weighted by Crippen LogP contribution is -1.90. The summed E-state index contributed by atoms with van der Waals surface area (Å²) in [6.07, 6.45) is 0. The van der Waals surface area contributed by atoms with E-state index in [9.17, 15) is 0 Å². The Morgan fingerprint density at radius 1 is 1.07 bits per heavy atom. The molecule has 0 unspecified atom stereocenters. The largest absolute Gasteiger partial charge is 0.384 e. The smallest absolute Gasteiger partial charge is 0.0556 e. The van der Waals surface area contributed by atoms with Crippen LogP contribution in [-0.2, 0) is 4.74 Å². The van der Waals surface area contributed by atoms with E-state index in [4.69, 9.17) is 4.74 Å². The minimum absolute atomic E-state index is 0.803. The Morgan fingerprint density at radius 2 is 1.87 bits per heavy atom. The molecule has 2 rings (SSSR count). The molecule has 1 nitrogen and oxygen atoms in total. The van der Waals surface area contributed by atoms with Crippen molar-refractivity contribution >= 4 is 22.5 Å². The first-order valence-corrected chi connectivity index (χ1v) is 5.99. The number of fused-ring (bicyclic) bond motifs is 1. The van der Waals surface area contributed by atoms with Gasteiger partial charge in [0.25, 0.3) is 0 Å². The topological polar surface area (TPSA) is 9.23 Å². The van der Waals surface area contributed by atoms with E-state index in [1.807, 2.05) is 11.8 Å². The summed E-state index contributed by atoms with van der Waals surface area (Å²) in [5.41, 5.74) is 0. The Hall–Kier alpha value is -0.990. The monoisotopic (exact) mass is 218 g/mol. The van der Waals surface area contributed by atoms with E-state index in [1.54, 1.807) is 7.11 Å². The molecule has 78 valence electrons. The lowest BCUT2D eigenvalue weighted by molar-refractivity contribution is 0.218. The van der Waals surface area contributed by atoms with Gasteiger partial charge < -0.3 is 4.74 Å². The highest BCUT2D eigenvalue weighted by Crippen LogP contribution is 2.23. The summed E-state index contributed by atoms with van der Waals surface area (Å²) in [5.74, 6) is 1.01. The predicted molar refractivity (Wildman–Crippen MR) is 66.5 cm³/mol. The van der Waals surface area contributed by atoms with Crippen molar-refractivity contribution in [3.8, 4) is 0 Å². The Kier molecular flexibility index (Phi) is 3.64. The van der Waals surface area contributed by atoms with E-state index in [2.05, 4.69) is 42.5 Å². The molecule has 0 aliphatic carbocycles. The third-order valence-electron chi connectivity index (χ3n) is 2.28. The van der Waals surface area contributed by atoms with E-state index in [0.29, 0.717) is 0 Å². The summed E-state index contributed by atoms with van der Waals surface area (Å²) in [6.45, 7) is 0.803. The molecule has 0 atom stereocenters. The maximum absolute atomic E-state index is 5.03. The average molecular weight is 218 g/mol. The molecule has 0 saturated carbocycles. The van der Waals surface area contributed by atoms with Crippen LogP contribution in [0.25, 0.3) is 10.8 Å². The first-order valence-electron chi connectivity index (χ1n) is 5.01. The molecule has 0 radical (unpaired) electrons. The van der Waals surface area contributed by atoms with Gasteiger partial charge in [0.15, 0.2) is 0 Å². The highest BCUT2D eigenvalue weighted by molar-refractivity contribution is 7.99. The standard InChI is InChI=1S/C13H14OS/c1-14-8-9-15-13-7-6-11-4-2-3-5-12(11)10-13/h2-7,10H,8-9H2,1H3. The van der Waals surface area contributed by atoms with E-state index >= 15 is 0 Å². The van der Waals surface area contributed by atoms with Gasteiger partial charge in [-0.15, -0.1) is 11.8 Å². The molecule has 0 bridgehead atoms. The minimum atomic E-state index is 0.803. The molecule has 15 heavy (non-hydrogen) atoms. The highest BCUT2D eigenvalue weighted by Gasteiger charge is 1.96. The zero-order valence-electron chi connectivity index (χ0n) is 8.77. The van der Waals surface area contributed by atoms with Crippen LogP contribution in [-0.4, -0.2) is 19.5 Å². The molecule has 2 heteroatoms. The van der Waals surface area contributed by atoms with Gasteiger partial charge in [0, 0.05) is 17.8 Å². The van der Waals surface area contributed by atoms with Crippen molar-refractivity contribution < 1.29 is 4.74 Å². The Morgan fingerprint density at radius 3 is 2.67 bits per heavy atom. The lowest BCUT2D eigenvalue weighted by Gasteiger charge is -2.03. The van der Waals surface area contributed by atoms with Crippen LogP contribution in [0.5, 0.6) is 0 Å². The maximum Gasteiger partial charge on any atom is 0.0556 e. The minimum Gasteiger partial charge on any atom is -0.384 e. The van der Waals surface area contributed by atoms with Gasteiger partial charge in [0.05, 0.1) is 6.61 Å². The van der Waals surface area contributed by atoms with Gasteiger partial charge in [-0.3, -0.25) is 0 Å². The van der Waals surface area contributed by atoms with Crippen LogP contribution >= 0.6 is 11.8 Å². The van der Waals surface area contributed by atoms with Crippen LogP contribution in [0.15, 0.2) is 47.4 Å². The maximum atomic E-state index is 5.03. The fraction of sp³-hybridized carbons (Fsp3) is 0.231. The first kappa shape index (κ1) is 10.5. The van der Waals surface area contributed by atoms with E-state index in [-0.39, 0.29) is 0 Å². The van der Waals surface area contributed by atoms with Crippen molar-refractivity contribution in [2.45, 2.75) is 4.90 Å². The SMILES string of the molecule is COCCSc1ccc2ccccc2c1. The van der Waals surface area contributed by atoms with E-state index < -0.39 is 0 Å². The van der Waals surface area contributed by atoms with E-state index in [1.165, 1.54) is 15.7 Å². The second kappa shape index (κ2) is 5.19. The third-order valence-corrected chi connectivity index (χ3v) is 3.24. The summed E-state index contributed by atoms with van der Waals surface area (Å²) in [5, 5.41) is 2.61. The van der Waals surface area contributed by atoms with Gasteiger partial charge in [0.1, 0.15) is 0 Å². The number of hydrogen-bond acceptors (Lipinski definition) is 2. The van der Waals surface area contributed by atoms with Gasteiger partial charge in [-0.25, -0.2) is 0 Å². The molecule has 0 aliphatic rings. The van der Waals surface area contributed by atoms with Crippen LogP contribution in [0.1, 0.15) is 0 Å². The molecule has 0 aliphatic heterocycles. The summed E-state index contributed by atoms with van der Waals surface area (Å²) >= 11 is 1.83. The quantitative estimate of drug-likeness (QED) is 0.573. The van der Waals surface area contributed by atoms with E-state index in [0.717, 1.165) is 12.4 Å². The number of rotatable bonds is 4. The Labute approximate surface area is 94.4 Å².